The molecule has 0 fully saturated rings. The van der Waals surface area contributed by atoms with Gasteiger partial charge >= 0.3 is 5.97 Å². The molecule has 1 unspecified atom stereocenters. The van der Waals surface area contributed by atoms with E-state index >= 15 is 0 Å². The second kappa shape index (κ2) is 6.33. The molecule has 1 aromatic heterocycles. The summed E-state index contributed by atoms with van der Waals surface area (Å²) in [5, 5.41) is 9.66. The first-order valence-electron chi connectivity index (χ1n) is 6.66. The molecule has 0 saturated heterocycles. The highest BCUT2D eigenvalue weighted by Crippen LogP contribution is 2.25. The van der Waals surface area contributed by atoms with E-state index in [0.717, 1.165) is 11.1 Å². The van der Waals surface area contributed by atoms with Crippen LogP contribution in [0.2, 0.25) is 5.02 Å². The van der Waals surface area contributed by atoms with Gasteiger partial charge in [-0.1, -0.05) is 23.7 Å². The number of hydrogen-bond donors (Lipinski definition) is 1. The molecule has 0 aliphatic carbocycles. The SMILES string of the molecule is Cc1oc(C(=O)O)cc1CN(C)C(C)c1cccc(Cl)c1. The average Bonchev–Trinajstić information content (AvgIpc) is 2.79. The summed E-state index contributed by atoms with van der Waals surface area (Å²) >= 11 is 6.02. The number of rotatable bonds is 5. The zero-order valence-corrected chi connectivity index (χ0v) is 13.0. The van der Waals surface area contributed by atoms with Gasteiger partial charge in [-0.3, -0.25) is 4.90 Å². The molecule has 2 aromatic rings. The lowest BCUT2D eigenvalue weighted by Crippen LogP contribution is -2.22. The summed E-state index contributed by atoms with van der Waals surface area (Å²) in [5.74, 6) is -0.432. The molecule has 1 aromatic carbocycles. The van der Waals surface area contributed by atoms with Crippen LogP contribution in [0.1, 0.15) is 40.4 Å². The molecule has 0 amide bonds. The largest absolute Gasteiger partial charge is 0.475 e. The molecule has 0 saturated carbocycles. The van der Waals surface area contributed by atoms with Crippen molar-refractivity contribution < 1.29 is 14.3 Å². The fourth-order valence-corrected chi connectivity index (χ4v) is 2.41. The molecule has 4 nitrogen and oxygen atoms in total. The molecule has 0 bridgehead atoms. The van der Waals surface area contributed by atoms with Crippen LogP contribution >= 0.6 is 11.6 Å². The third-order valence-electron chi connectivity index (χ3n) is 3.64. The van der Waals surface area contributed by atoms with Gasteiger partial charge in [-0.15, -0.1) is 0 Å². The van der Waals surface area contributed by atoms with Gasteiger partial charge in [-0.2, -0.15) is 0 Å². The minimum atomic E-state index is -1.05. The van der Waals surface area contributed by atoms with Crippen LogP contribution in [0.15, 0.2) is 34.7 Å². The topological polar surface area (TPSA) is 53.7 Å². The van der Waals surface area contributed by atoms with Crippen molar-refractivity contribution in [2.24, 2.45) is 0 Å². The van der Waals surface area contributed by atoms with E-state index in [-0.39, 0.29) is 11.8 Å². The second-order valence-electron chi connectivity index (χ2n) is 5.14. The standard InChI is InChI=1S/C16H18ClNO3/c1-10(12-5-4-6-14(17)7-12)18(3)9-13-8-15(16(19)20)21-11(13)2/h4-8,10H,9H2,1-3H3,(H,19,20). The summed E-state index contributed by atoms with van der Waals surface area (Å²) in [6.45, 7) is 4.47. The fourth-order valence-electron chi connectivity index (χ4n) is 2.21. The molecule has 0 radical (unpaired) electrons. The van der Waals surface area contributed by atoms with Gasteiger partial charge in [0.2, 0.25) is 5.76 Å². The highest BCUT2D eigenvalue weighted by Gasteiger charge is 2.17. The van der Waals surface area contributed by atoms with Crippen molar-refractivity contribution >= 4 is 17.6 Å². The maximum absolute atomic E-state index is 10.9. The number of aryl methyl sites for hydroxylation is 1. The lowest BCUT2D eigenvalue weighted by Gasteiger charge is -2.25. The van der Waals surface area contributed by atoms with Crippen LogP contribution in [0.5, 0.6) is 0 Å². The van der Waals surface area contributed by atoms with Crippen molar-refractivity contribution in [1.82, 2.24) is 4.90 Å². The number of carboxylic acid groups (broad SMARTS) is 1. The Balaban J connectivity index is 2.14. The zero-order valence-electron chi connectivity index (χ0n) is 12.3. The number of aromatic carboxylic acids is 1. The van der Waals surface area contributed by atoms with Crippen LogP contribution < -0.4 is 0 Å². The number of halogens is 1. The minimum absolute atomic E-state index is 0.0219. The van der Waals surface area contributed by atoms with Crippen molar-refractivity contribution in [2.45, 2.75) is 26.4 Å². The summed E-state index contributed by atoms with van der Waals surface area (Å²) in [7, 11) is 1.98. The van der Waals surface area contributed by atoms with Gasteiger partial charge in [-0.25, -0.2) is 4.79 Å². The van der Waals surface area contributed by atoms with Gasteiger partial charge in [-0.05, 0) is 44.7 Å². The highest BCUT2D eigenvalue weighted by atomic mass is 35.5. The first kappa shape index (κ1) is 15.6. The molecule has 0 aliphatic heterocycles. The number of benzene rings is 1. The predicted octanol–water partition coefficient (Wildman–Crippen LogP) is 4.13. The highest BCUT2D eigenvalue weighted by molar-refractivity contribution is 6.30. The molecular formula is C16H18ClNO3. The Morgan fingerprint density at radius 1 is 1.43 bits per heavy atom. The normalized spacial score (nSPS) is 12.6. The molecule has 1 N–H and O–H groups in total. The van der Waals surface area contributed by atoms with E-state index < -0.39 is 5.97 Å². The molecule has 1 heterocycles. The van der Waals surface area contributed by atoms with Gasteiger partial charge in [0.25, 0.3) is 0 Å². The number of carbonyl (C=O) groups is 1. The van der Waals surface area contributed by atoms with E-state index in [9.17, 15) is 4.79 Å². The van der Waals surface area contributed by atoms with E-state index in [1.165, 1.54) is 0 Å². The van der Waals surface area contributed by atoms with Crippen molar-refractivity contribution in [3.8, 4) is 0 Å². The Labute approximate surface area is 128 Å². The predicted molar refractivity (Wildman–Crippen MR) is 81.7 cm³/mol. The average molecular weight is 308 g/mol. The van der Waals surface area contributed by atoms with E-state index in [1.807, 2.05) is 31.3 Å². The van der Waals surface area contributed by atoms with Crippen molar-refractivity contribution in [3.05, 3.63) is 58.0 Å². The van der Waals surface area contributed by atoms with Crippen LogP contribution in [-0.2, 0) is 6.54 Å². The van der Waals surface area contributed by atoms with Gasteiger partial charge in [0, 0.05) is 23.2 Å². The minimum Gasteiger partial charge on any atom is -0.475 e. The van der Waals surface area contributed by atoms with E-state index in [4.69, 9.17) is 21.1 Å². The Kier molecular flexibility index (Phi) is 4.70. The monoisotopic (exact) mass is 307 g/mol. The molecule has 0 aliphatic rings. The summed E-state index contributed by atoms with van der Waals surface area (Å²) in [6, 6.07) is 9.47. The third kappa shape index (κ3) is 3.65. The van der Waals surface area contributed by atoms with Crippen LogP contribution in [0, 0.1) is 6.92 Å². The van der Waals surface area contributed by atoms with Crippen LogP contribution in [0.4, 0.5) is 0 Å². The first-order chi connectivity index (χ1) is 9.88. The van der Waals surface area contributed by atoms with Crippen LogP contribution in [0.3, 0.4) is 0 Å². The van der Waals surface area contributed by atoms with Gasteiger partial charge in [0.15, 0.2) is 0 Å². The first-order valence-corrected chi connectivity index (χ1v) is 7.04. The molecule has 5 heteroatoms. The Hall–Kier alpha value is -1.78. The smallest absolute Gasteiger partial charge is 0.371 e. The number of hydrogen-bond acceptors (Lipinski definition) is 3. The van der Waals surface area contributed by atoms with E-state index in [1.54, 1.807) is 13.0 Å². The van der Waals surface area contributed by atoms with Crippen molar-refractivity contribution in [1.29, 1.82) is 0 Å². The number of nitrogens with zero attached hydrogens (tertiary/aromatic N) is 1. The number of furan rings is 1. The Morgan fingerprint density at radius 3 is 2.71 bits per heavy atom. The fraction of sp³-hybridized carbons (Fsp3) is 0.312. The van der Waals surface area contributed by atoms with Gasteiger partial charge < -0.3 is 9.52 Å². The Bertz CT molecular complexity index is 651. The molecule has 21 heavy (non-hydrogen) atoms. The van der Waals surface area contributed by atoms with Gasteiger partial charge in [0.05, 0.1) is 0 Å². The summed E-state index contributed by atoms with van der Waals surface area (Å²) in [6.07, 6.45) is 0. The van der Waals surface area contributed by atoms with Crippen LogP contribution in [0.25, 0.3) is 0 Å². The molecule has 2 rings (SSSR count). The maximum atomic E-state index is 10.9. The Morgan fingerprint density at radius 2 is 2.14 bits per heavy atom. The van der Waals surface area contributed by atoms with Crippen molar-refractivity contribution in [3.63, 3.8) is 0 Å². The lowest BCUT2D eigenvalue weighted by molar-refractivity contribution is 0.0661. The third-order valence-corrected chi connectivity index (χ3v) is 3.88. The molecule has 0 spiro atoms. The quantitative estimate of drug-likeness (QED) is 0.902. The molecule has 1 atom stereocenters. The maximum Gasteiger partial charge on any atom is 0.371 e. The second-order valence-corrected chi connectivity index (χ2v) is 5.58. The lowest BCUT2D eigenvalue weighted by atomic mass is 10.1. The van der Waals surface area contributed by atoms with E-state index in [0.29, 0.717) is 17.3 Å². The van der Waals surface area contributed by atoms with Gasteiger partial charge in [0.1, 0.15) is 5.76 Å². The summed E-state index contributed by atoms with van der Waals surface area (Å²) < 4.78 is 5.23. The summed E-state index contributed by atoms with van der Waals surface area (Å²) in [5.41, 5.74) is 1.99. The van der Waals surface area contributed by atoms with E-state index in [2.05, 4.69) is 11.8 Å². The zero-order chi connectivity index (χ0) is 15.6. The van der Waals surface area contributed by atoms with Crippen molar-refractivity contribution in [2.75, 3.05) is 7.05 Å². The van der Waals surface area contributed by atoms with Crippen LogP contribution in [-0.4, -0.2) is 23.0 Å². The molecular weight excluding hydrogens is 290 g/mol. The molecule has 112 valence electrons. The number of carboxylic acids is 1. The summed E-state index contributed by atoms with van der Waals surface area (Å²) in [4.78, 5) is 13.0.